The first-order chi connectivity index (χ1) is 8.24. The summed E-state index contributed by atoms with van der Waals surface area (Å²) in [6.07, 6.45) is 0. The first-order valence-electron chi connectivity index (χ1n) is 5.28. The summed E-state index contributed by atoms with van der Waals surface area (Å²) in [6, 6.07) is 1.59. The van der Waals surface area contributed by atoms with Crippen LogP contribution in [0.15, 0.2) is 6.07 Å². The molecule has 0 fully saturated rings. The Morgan fingerprint density at radius 1 is 1.50 bits per heavy atom. The maximum atomic E-state index is 11.7. The Kier molecular flexibility index (Phi) is 4.71. The molecule has 18 heavy (non-hydrogen) atoms. The molecule has 0 bridgehead atoms. The summed E-state index contributed by atoms with van der Waals surface area (Å²) < 4.78 is 24.1. The Bertz CT molecular complexity index is 515. The standard InChI is InChI=1S/C10H17N3O3S2/c1-7-8(11)6-9(17-7)10(14)12-4-5-18(15,16)13(2)3/h6H,4-5,11H2,1-3H3,(H,12,14). The van der Waals surface area contributed by atoms with Gasteiger partial charge in [0.15, 0.2) is 0 Å². The van der Waals surface area contributed by atoms with E-state index in [2.05, 4.69) is 5.32 Å². The van der Waals surface area contributed by atoms with Crippen LogP contribution in [-0.4, -0.2) is 45.0 Å². The Labute approximate surface area is 111 Å². The number of rotatable bonds is 5. The molecule has 0 aromatic carbocycles. The lowest BCUT2D eigenvalue weighted by Gasteiger charge is -2.11. The van der Waals surface area contributed by atoms with Crippen molar-refractivity contribution in [2.24, 2.45) is 0 Å². The zero-order chi connectivity index (χ0) is 13.9. The molecule has 0 saturated carbocycles. The Morgan fingerprint density at radius 3 is 2.56 bits per heavy atom. The third kappa shape index (κ3) is 3.69. The second-order valence-corrected chi connectivity index (χ2v) is 7.54. The van der Waals surface area contributed by atoms with Crippen molar-refractivity contribution in [2.75, 3.05) is 32.1 Å². The number of carbonyl (C=O) groups is 1. The number of amides is 1. The predicted molar refractivity (Wildman–Crippen MR) is 73.3 cm³/mol. The first-order valence-corrected chi connectivity index (χ1v) is 7.71. The van der Waals surface area contributed by atoms with E-state index in [-0.39, 0.29) is 18.2 Å². The molecule has 3 N–H and O–H groups in total. The van der Waals surface area contributed by atoms with E-state index in [0.717, 1.165) is 9.18 Å². The van der Waals surface area contributed by atoms with Gasteiger partial charge in [0.1, 0.15) is 0 Å². The summed E-state index contributed by atoms with van der Waals surface area (Å²) in [7, 11) is -0.364. The minimum absolute atomic E-state index is 0.0796. The van der Waals surface area contributed by atoms with Gasteiger partial charge in [-0.05, 0) is 13.0 Å². The molecule has 0 aliphatic heterocycles. The molecule has 0 spiro atoms. The fourth-order valence-corrected chi connectivity index (χ4v) is 2.75. The quantitative estimate of drug-likeness (QED) is 0.814. The van der Waals surface area contributed by atoms with Crippen LogP contribution in [0.3, 0.4) is 0 Å². The van der Waals surface area contributed by atoms with Crippen molar-refractivity contribution in [1.29, 1.82) is 0 Å². The average Bonchev–Trinajstić information content (AvgIpc) is 2.58. The van der Waals surface area contributed by atoms with E-state index in [4.69, 9.17) is 5.73 Å². The minimum atomic E-state index is -3.28. The minimum Gasteiger partial charge on any atom is -0.398 e. The van der Waals surface area contributed by atoms with Crippen LogP contribution < -0.4 is 11.1 Å². The van der Waals surface area contributed by atoms with Gasteiger partial charge in [0, 0.05) is 31.2 Å². The predicted octanol–water partition coefficient (Wildman–Crippen LogP) is 0.260. The number of nitrogens with two attached hydrogens (primary N) is 1. The fourth-order valence-electron chi connectivity index (χ4n) is 1.17. The number of nitrogens with one attached hydrogen (secondary N) is 1. The smallest absolute Gasteiger partial charge is 0.261 e. The summed E-state index contributed by atoms with van der Waals surface area (Å²) in [5.41, 5.74) is 6.22. The summed E-state index contributed by atoms with van der Waals surface area (Å²) in [5, 5.41) is 2.56. The maximum Gasteiger partial charge on any atom is 0.261 e. The van der Waals surface area contributed by atoms with E-state index in [0.29, 0.717) is 10.6 Å². The van der Waals surface area contributed by atoms with Gasteiger partial charge in [-0.25, -0.2) is 12.7 Å². The van der Waals surface area contributed by atoms with Gasteiger partial charge in [-0.15, -0.1) is 11.3 Å². The number of nitrogens with zero attached hydrogens (tertiary/aromatic N) is 1. The third-order valence-electron chi connectivity index (χ3n) is 2.38. The lowest BCUT2D eigenvalue weighted by Crippen LogP contribution is -2.33. The maximum absolute atomic E-state index is 11.7. The molecule has 1 aromatic heterocycles. The first kappa shape index (κ1) is 14.9. The van der Waals surface area contributed by atoms with E-state index < -0.39 is 10.0 Å². The molecule has 0 unspecified atom stereocenters. The number of anilines is 1. The molecular weight excluding hydrogens is 274 g/mol. The van der Waals surface area contributed by atoms with Crippen molar-refractivity contribution >= 4 is 33.0 Å². The van der Waals surface area contributed by atoms with Crippen LogP contribution in [0.25, 0.3) is 0 Å². The summed E-state index contributed by atoms with van der Waals surface area (Å²) in [5.74, 6) is -0.417. The number of hydrogen-bond acceptors (Lipinski definition) is 5. The Balaban J connectivity index is 2.53. The topological polar surface area (TPSA) is 92.5 Å². The number of nitrogen functional groups attached to an aromatic ring is 1. The highest BCUT2D eigenvalue weighted by Crippen LogP contribution is 2.22. The number of sulfonamides is 1. The van der Waals surface area contributed by atoms with E-state index in [9.17, 15) is 13.2 Å². The van der Waals surface area contributed by atoms with Crippen LogP contribution in [0, 0.1) is 6.92 Å². The largest absolute Gasteiger partial charge is 0.398 e. The molecule has 0 aliphatic rings. The van der Waals surface area contributed by atoms with Gasteiger partial charge in [-0.2, -0.15) is 0 Å². The van der Waals surface area contributed by atoms with Crippen LogP contribution in [0.2, 0.25) is 0 Å². The van der Waals surface area contributed by atoms with E-state index in [1.807, 2.05) is 6.92 Å². The zero-order valence-corrected chi connectivity index (χ0v) is 12.2. The van der Waals surface area contributed by atoms with Gasteiger partial charge >= 0.3 is 0 Å². The van der Waals surface area contributed by atoms with Crippen molar-refractivity contribution in [1.82, 2.24) is 9.62 Å². The van der Waals surface area contributed by atoms with Crippen molar-refractivity contribution < 1.29 is 13.2 Å². The second-order valence-electron chi connectivity index (χ2n) is 3.98. The van der Waals surface area contributed by atoms with Gasteiger partial charge in [0.05, 0.1) is 10.6 Å². The number of hydrogen-bond donors (Lipinski definition) is 2. The molecule has 8 heteroatoms. The third-order valence-corrected chi connectivity index (χ3v) is 5.28. The molecule has 1 amide bonds. The van der Waals surface area contributed by atoms with Gasteiger partial charge in [-0.3, -0.25) is 4.79 Å². The van der Waals surface area contributed by atoms with Crippen molar-refractivity contribution in [3.05, 3.63) is 15.8 Å². The molecule has 102 valence electrons. The lowest BCUT2D eigenvalue weighted by atomic mass is 10.3. The number of aryl methyl sites for hydroxylation is 1. The van der Waals surface area contributed by atoms with Crippen molar-refractivity contribution in [3.8, 4) is 0 Å². The second kappa shape index (κ2) is 5.68. The van der Waals surface area contributed by atoms with E-state index in [1.54, 1.807) is 6.07 Å². The van der Waals surface area contributed by atoms with Crippen LogP contribution in [0.4, 0.5) is 5.69 Å². The normalized spacial score (nSPS) is 11.8. The molecule has 1 aromatic rings. The van der Waals surface area contributed by atoms with Gasteiger partial charge in [0.25, 0.3) is 5.91 Å². The molecular formula is C10H17N3O3S2. The van der Waals surface area contributed by atoms with Crippen LogP contribution >= 0.6 is 11.3 Å². The molecule has 0 aliphatic carbocycles. The van der Waals surface area contributed by atoms with Gasteiger partial charge in [0.2, 0.25) is 10.0 Å². The highest BCUT2D eigenvalue weighted by Gasteiger charge is 2.15. The molecule has 0 atom stereocenters. The Morgan fingerprint density at radius 2 is 2.11 bits per heavy atom. The highest BCUT2D eigenvalue weighted by molar-refractivity contribution is 7.89. The molecule has 1 rings (SSSR count). The monoisotopic (exact) mass is 291 g/mol. The van der Waals surface area contributed by atoms with Crippen LogP contribution in [-0.2, 0) is 10.0 Å². The van der Waals surface area contributed by atoms with Gasteiger partial charge < -0.3 is 11.1 Å². The fraction of sp³-hybridized carbons (Fsp3) is 0.500. The van der Waals surface area contributed by atoms with E-state index >= 15 is 0 Å². The highest BCUT2D eigenvalue weighted by atomic mass is 32.2. The lowest BCUT2D eigenvalue weighted by molar-refractivity contribution is 0.0960. The van der Waals surface area contributed by atoms with E-state index in [1.165, 1.54) is 25.4 Å². The SMILES string of the molecule is Cc1sc(C(=O)NCCS(=O)(=O)N(C)C)cc1N. The van der Waals surface area contributed by atoms with Crippen molar-refractivity contribution in [3.63, 3.8) is 0 Å². The summed E-state index contributed by atoms with van der Waals surface area (Å²) >= 11 is 1.29. The number of carbonyl (C=O) groups excluding carboxylic acids is 1. The van der Waals surface area contributed by atoms with Crippen molar-refractivity contribution in [2.45, 2.75) is 6.92 Å². The van der Waals surface area contributed by atoms with Crippen LogP contribution in [0.5, 0.6) is 0 Å². The Hall–Kier alpha value is -1.12. The van der Waals surface area contributed by atoms with Crippen LogP contribution in [0.1, 0.15) is 14.5 Å². The average molecular weight is 291 g/mol. The summed E-state index contributed by atoms with van der Waals surface area (Å²) in [6.45, 7) is 1.91. The zero-order valence-electron chi connectivity index (χ0n) is 10.6. The molecule has 0 saturated heterocycles. The summed E-state index contributed by atoms with van der Waals surface area (Å²) in [4.78, 5) is 13.1. The molecule has 0 radical (unpaired) electrons. The molecule has 1 heterocycles. The number of thiophene rings is 1. The van der Waals surface area contributed by atoms with Gasteiger partial charge in [-0.1, -0.05) is 0 Å². The molecule has 6 nitrogen and oxygen atoms in total.